The van der Waals surface area contributed by atoms with E-state index in [2.05, 4.69) is 25.8 Å². The van der Waals surface area contributed by atoms with E-state index in [0.29, 0.717) is 6.61 Å². The molecule has 0 radical (unpaired) electrons. The number of halogens is 1. The van der Waals surface area contributed by atoms with E-state index in [-0.39, 0.29) is 6.10 Å². The van der Waals surface area contributed by atoms with E-state index in [1.165, 1.54) is 0 Å². The maximum atomic E-state index is 5.59. The Hall–Kier alpha value is -0.650. The first-order valence-electron chi connectivity index (χ1n) is 5.26. The molecule has 1 aromatic heterocycles. The smallest absolute Gasteiger partial charge is 0.128 e. The third kappa shape index (κ3) is 2.93. The number of ether oxygens (including phenoxy) is 2. The monoisotopic (exact) mass is 286 g/mol. The van der Waals surface area contributed by atoms with E-state index >= 15 is 0 Å². The predicted molar refractivity (Wildman–Crippen MR) is 65.8 cm³/mol. The average molecular weight is 287 g/mol. The van der Waals surface area contributed by atoms with E-state index < -0.39 is 0 Å². The van der Waals surface area contributed by atoms with Crippen LogP contribution in [0.25, 0.3) is 0 Å². The molecule has 0 bridgehead atoms. The highest BCUT2D eigenvalue weighted by atomic mass is 79.9. The molecular weight excluding hydrogens is 272 g/mol. The van der Waals surface area contributed by atoms with E-state index in [0.717, 1.165) is 30.0 Å². The van der Waals surface area contributed by atoms with Gasteiger partial charge in [0, 0.05) is 30.9 Å². The summed E-state index contributed by atoms with van der Waals surface area (Å²) in [6.45, 7) is 3.08. The second-order valence-corrected chi connectivity index (χ2v) is 4.64. The first-order valence-corrected chi connectivity index (χ1v) is 6.06. The molecule has 1 fully saturated rings. The van der Waals surface area contributed by atoms with Crippen molar-refractivity contribution < 1.29 is 9.47 Å². The SMILES string of the molecule is COC[C@H]1CN(c2ccc(Br)cn2)CCO1. The lowest BCUT2D eigenvalue weighted by atomic mass is 10.3. The van der Waals surface area contributed by atoms with Crippen molar-refractivity contribution in [1.29, 1.82) is 0 Å². The molecule has 88 valence electrons. The highest BCUT2D eigenvalue weighted by molar-refractivity contribution is 9.10. The lowest BCUT2D eigenvalue weighted by Gasteiger charge is -2.33. The molecule has 1 saturated heterocycles. The van der Waals surface area contributed by atoms with Crippen LogP contribution in [0.5, 0.6) is 0 Å². The van der Waals surface area contributed by atoms with Crippen molar-refractivity contribution in [3.05, 3.63) is 22.8 Å². The molecule has 2 rings (SSSR count). The summed E-state index contributed by atoms with van der Waals surface area (Å²) in [6, 6.07) is 4.02. The summed E-state index contributed by atoms with van der Waals surface area (Å²) in [6.07, 6.45) is 1.96. The Kier molecular flexibility index (Phi) is 4.15. The lowest BCUT2D eigenvalue weighted by Crippen LogP contribution is -2.44. The first-order chi connectivity index (χ1) is 7.79. The van der Waals surface area contributed by atoms with Gasteiger partial charge in [0.05, 0.1) is 19.3 Å². The van der Waals surface area contributed by atoms with E-state index in [4.69, 9.17) is 9.47 Å². The minimum atomic E-state index is 0.143. The van der Waals surface area contributed by atoms with Crippen LogP contribution in [0.15, 0.2) is 22.8 Å². The van der Waals surface area contributed by atoms with Gasteiger partial charge in [-0.1, -0.05) is 0 Å². The number of hydrogen-bond acceptors (Lipinski definition) is 4. The maximum Gasteiger partial charge on any atom is 0.128 e. The van der Waals surface area contributed by atoms with E-state index in [1.54, 1.807) is 7.11 Å². The highest BCUT2D eigenvalue weighted by Gasteiger charge is 2.21. The normalized spacial score (nSPS) is 21.1. The van der Waals surface area contributed by atoms with Crippen molar-refractivity contribution in [1.82, 2.24) is 4.98 Å². The van der Waals surface area contributed by atoms with Crippen molar-refractivity contribution in [3.63, 3.8) is 0 Å². The van der Waals surface area contributed by atoms with Crippen LogP contribution in [0.2, 0.25) is 0 Å². The summed E-state index contributed by atoms with van der Waals surface area (Å²) in [5.41, 5.74) is 0. The van der Waals surface area contributed by atoms with Crippen molar-refractivity contribution >= 4 is 21.7 Å². The van der Waals surface area contributed by atoms with Gasteiger partial charge in [0.15, 0.2) is 0 Å². The number of anilines is 1. The highest BCUT2D eigenvalue weighted by Crippen LogP contribution is 2.17. The Morgan fingerprint density at radius 3 is 3.19 bits per heavy atom. The number of hydrogen-bond donors (Lipinski definition) is 0. The zero-order valence-corrected chi connectivity index (χ0v) is 10.8. The van der Waals surface area contributed by atoms with Crippen LogP contribution in [0.1, 0.15) is 0 Å². The molecule has 1 atom stereocenters. The van der Waals surface area contributed by atoms with Crippen LogP contribution in [-0.4, -0.2) is 44.5 Å². The zero-order chi connectivity index (χ0) is 11.4. The summed E-state index contributed by atoms with van der Waals surface area (Å²) in [5.74, 6) is 0.993. The third-order valence-corrected chi connectivity index (χ3v) is 3.00. The number of aromatic nitrogens is 1. The quantitative estimate of drug-likeness (QED) is 0.847. The molecule has 0 aliphatic carbocycles. The Morgan fingerprint density at radius 1 is 1.62 bits per heavy atom. The zero-order valence-electron chi connectivity index (χ0n) is 9.23. The molecule has 4 nitrogen and oxygen atoms in total. The van der Waals surface area contributed by atoms with Gasteiger partial charge in [-0.3, -0.25) is 0 Å². The molecule has 1 aromatic rings. The molecule has 1 aliphatic rings. The van der Waals surface area contributed by atoms with Crippen molar-refractivity contribution in [3.8, 4) is 0 Å². The molecule has 5 heteroatoms. The molecule has 16 heavy (non-hydrogen) atoms. The third-order valence-electron chi connectivity index (χ3n) is 2.53. The van der Waals surface area contributed by atoms with Gasteiger partial charge in [0.2, 0.25) is 0 Å². The van der Waals surface area contributed by atoms with Crippen LogP contribution < -0.4 is 4.90 Å². The average Bonchev–Trinajstić information content (AvgIpc) is 2.31. The Balaban J connectivity index is 2.01. The van der Waals surface area contributed by atoms with Crippen molar-refractivity contribution in [2.24, 2.45) is 0 Å². The van der Waals surface area contributed by atoms with Gasteiger partial charge < -0.3 is 14.4 Å². The molecule has 0 unspecified atom stereocenters. The fourth-order valence-electron chi connectivity index (χ4n) is 1.77. The molecule has 0 spiro atoms. The molecule has 1 aliphatic heterocycles. The Bertz CT molecular complexity index is 329. The molecule has 0 amide bonds. The topological polar surface area (TPSA) is 34.6 Å². The summed E-state index contributed by atoms with van der Waals surface area (Å²) in [4.78, 5) is 6.60. The maximum absolute atomic E-state index is 5.59. The Morgan fingerprint density at radius 2 is 2.50 bits per heavy atom. The van der Waals surface area contributed by atoms with Crippen molar-refractivity contribution in [2.75, 3.05) is 38.3 Å². The molecule has 0 aromatic carbocycles. The van der Waals surface area contributed by atoms with Gasteiger partial charge >= 0.3 is 0 Å². The standard InChI is InChI=1S/C11H15BrN2O2/c1-15-8-10-7-14(4-5-16-10)11-3-2-9(12)6-13-11/h2-3,6,10H,4-5,7-8H2,1H3/t10-/m1/s1. The molecular formula is C11H15BrN2O2. The second kappa shape index (κ2) is 5.61. The number of methoxy groups -OCH3 is 1. The van der Waals surface area contributed by atoms with Gasteiger partial charge in [-0.15, -0.1) is 0 Å². The van der Waals surface area contributed by atoms with Gasteiger partial charge in [0.25, 0.3) is 0 Å². The van der Waals surface area contributed by atoms with Gasteiger partial charge in [-0.05, 0) is 28.1 Å². The number of nitrogens with zero attached hydrogens (tertiary/aromatic N) is 2. The van der Waals surface area contributed by atoms with Crippen LogP contribution in [-0.2, 0) is 9.47 Å². The van der Waals surface area contributed by atoms with Gasteiger partial charge in [0.1, 0.15) is 5.82 Å². The molecule has 2 heterocycles. The summed E-state index contributed by atoms with van der Waals surface area (Å²) < 4.78 is 11.7. The fourth-order valence-corrected chi connectivity index (χ4v) is 2.00. The number of rotatable bonds is 3. The minimum Gasteiger partial charge on any atom is -0.382 e. The van der Waals surface area contributed by atoms with Gasteiger partial charge in [-0.25, -0.2) is 4.98 Å². The summed E-state index contributed by atoms with van der Waals surface area (Å²) in [5, 5.41) is 0. The van der Waals surface area contributed by atoms with Crippen LogP contribution in [0.4, 0.5) is 5.82 Å². The Labute approximate surface area is 104 Å². The van der Waals surface area contributed by atoms with E-state index in [1.807, 2.05) is 18.3 Å². The van der Waals surface area contributed by atoms with Crippen LogP contribution >= 0.6 is 15.9 Å². The van der Waals surface area contributed by atoms with E-state index in [9.17, 15) is 0 Å². The largest absolute Gasteiger partial charge is 0.382 e. The van der Waals surface area contributed by atoms with Gasteiger partial charge in [-0.2, -0.15) is 0 Å². The van der Waals surface area contributed by atoms with Crippen molar-refractivity contribution in [2.45, 2.75) is 6.10 Å². The molecule has 0 saturated carbocycles. The minimum absolute atomic E-state index is 0.143. The fraction of sp³-hybridized carbons (Fsp3) is 0.545. The number of morpholine rings is 1. The lowest BCUT2D eigenvalue weighted by molar-refractivity contribution is -0.0102. The summed E-state index contributed by atoms with van der Waals surface area (Å²) in [7, 11) is 1.69. The number of pyridine rings is 1. The molecule has 0 N–H and O–H groups in total. The predicted octanol–water partition coefficient (Wildman–Crippen LogP) is 1.70. The first kappa shape index (κ1) is 11.8. The van der Waals surface area contributed by atoms with Crippen LogP contribution in [0, 0.1) is 0 Å². The second-order valence-electron chi connectivity index (χ2n) is 3.73. The summed E-state index contributed by atoms with van der Waals surface area (Å²) >= 11 is 3.38. The van der Waals surface area contributed by atoms with Crippen LogP contribution in [0.3, 0.4) is 0 Å².